The number of ether oxygens (including phenoxy) is 2. The lowest BCUT2D eigenvalue weighted by atomic mass is 10.0. The highest BCUT2D eigenvalue weighted by Gasteiger charge is 2.21. The van der Waals surface area contributed by atoms with E-state index < -0.39 is 5.60 Å². The molecule has 2 N–H and O–H groups in total. The molecule has 0 fully saturated rings. The van der Waals surface area contributed by atoms with Gasteiger partial charge in [0.2, 0.25) is 0 Å². The van der Waals surface area contributed by atoms with E-state index in [1.165, 1.54) is 13.4 Å². The molecule has 1 aromatic rings. The highest BCUT2D eigenvalue weighted by molar-refractivity contribution is 6.31. The predicted molar refractivity (Wildman–Crippen MR) is 69.2 cm³/mol. The van der Waals surface area contributed by atoms with E-state index in [2.05, 4.69) is 15.3 Å². The second-order valence-corrected chi connectivity index (χ2v) is 4.50. The first-order valence-electron chi connectivity index (χ1n) is 5.50. The van der Waals surface area contributed by atoms with Gasteiger partial charge in [0.25, 0.3) is 0 Å². The molecule has 0 saturated carbocycles. The summed E-state index contributed by atoms with van der Waals surface area (Å²) in [7, 11) is 3.08. The molecule has 0 aliphatic carbocycles. The van der Waals surface area contributed by atoms with Gasteiger partial charge in [-0.15, -0.1) is 0 Å². The van der Waals surface area contributed by atoms with Gasteiger partial charge in [0.05, 0.1) is 12.7 Å². The number of rotatable bonds is 7. The zero-order chi connectivity index (χ0) is 13.6. The standard InChI is InChI=1S/C11H18ClN3O3/c1-11(16,4-5-17-2)6-13-10-8(18-3)9(12)14-7-15-10/h7,16H,4-6H2,1-3H3,(H,13,14,15). The highest BCUT2D eigenvalue weighted by atomic mass is 35.5. The molecule has 1 atom stereocenters. The number of aliphatic hydroxyl groups is 1. The van der Waals surface area contributed by atoms with Crippen molar-refractivity contribution in [3.8, 4) is 5.75 Å². The van der Waals surface area contributed by atoms with Gasteiger partial charge in [-0.05, 0) is 6.92 Å². The third kappa shape index (κ3) is 4.29. The first kappa shape index (κ1) is 14.9. The van der Waals surface area contributed by atoms with Crippen molar-refractivity contribution in [2.24, 2.45) is 0 Å². The van der Waals surface area contributed by atoms with Crippen molar-refractivity contribution in [2.75, 3.05) is 32.7 Å². The van der Waals surface area contributed by atoms with Crippen molar-refractivity contribution in [1.29, 1.82) is 0 Å². The Hall–Kier alpha value is -1.11. The van der Waals surface area contributed by atoms with E-state index in [4.69, 9.17) is 21.1 Å². The largest absolute Gasteiger partial charge is 0.490 e. The fourth-order valence-electron chi connectivity index (χ4n) is 1.34. The topological polar surface area (TPSA) is 76.5 Å². The summed E-state index contributed by atoms with van der Waals surface area (Å²) in [5.41, 5.74) is -0.904. The van der Waals surface area contributed by atoms with E-state index in [-0.39, 0.29) is 5.15 Å². The Bertz CT molecular complexity index is 388. The molecule has 1 aromatic heterocycles. The molecular weight excluding hydrogens is 258 g/mol. The minimum absolute atomic E-state index is 0.228. The molecule has 0 aromatic carbocycles. The average molecular weight is 276 g/mol. The highest BCUT2D eigenvalue weighted by Crippen LogP contribution is 2.28. The Labute approximate surface area is 111 Å². The molecular formula is C11H18ClN3O3. The number of halogens is 1. The molecule has 1 rings (SSSR count). The Kier molecular flexibility index (Phi) is 5.58. The molecule has 6 nitrogen and oxygen atoms in total. The van der Waals surface area contributed by atoms with Gasteiger partial charge < -0.3 is 19.9 Å². The lowest BCUT2D eigenvalue weighted by Gasteiger charge is -2.24. The van der Waals surface area contributed by atoms with Gasteiger partial charge in [-0.3, -0.25) is 0 Å². The van der Waals surface area contributed by atoms with Gasteiger partial charge in [-0.25, -0.2) is 9.97 Å². The van der Waals surface area contributed by atoms with Crippen molar-refractivity contribution in [2.45, 2.75) is 18.9 Å². The van der Waals surface area contributed by atoms with Crippen LogP contribution >= 0.6 is 11.6 Å². The maximum Gasteiger partial charge on any atom is 0.198 e. The van der Waals surface area contributed by atoms with Gasteiger partial charge in [0.1, 0.15) is 6.33 Å². The number of hydrogen-bond donors (Lipinski definition) is 2. The average Bonchev–Trinajstić information content (AvgIpc) is 2.34. The number of aromatic nitrogens is 2. The van der Waals surface area contributed by atoms with Crippen LogP contribution in [0.1, 0.15) is 13.3 Å². The number of anilines is 1. The summed E-state index contributed by atoms with van der Waals surface area (Å²) in [6.07, 6.45) is 1.84. The summed E-state index contributed by atoms with van der Waals surface area (Å²) < 4.78 is 10.0. The lowest BCUT2D eigenvalue weighted by molar-refractivity contribution is 0.0356. The minimum Gasteiger partial charge on any atom is -0.490 e. The van der Waals surface area contributed by atoms with Crippen LogP contribution in [0.3, 0.4) is 0 Å². The van der Waals surface area contributed by atoms with Gasteiger partial charge in [0, 0.05) is 26.7 Å². The zero-order valence-corrected chi connectivity index (χ0v) is 11.5. The second kappa shape index (κ2) is 6.72. The van der Waals surface area contributed by atoms with Crippen LogP contribution in [0, 0.1) is 0 Å². The van der Waals surface area contributed by atoms with Crippen molar-refractivity contribution < 1.29 is 14.6 Å². The Morgan fingerprint density at radius 1 is 1.44 bits per heavy atom. The Morgan fingerprint density at radius 3 is 2.78 bits per heavy atom. The molecule has 0 aliphatic heterocycles. The fourth-order valence-corrected chi connectivity index (χ4v) is 1.55. The second-order valence-electron chi connectivity index (χ2n) is 4.14. The molecule has 7 heteroatoms. The van der Waals surface area contributed by atoms with Gasteiger partial charge in [-0.1, -0.05) is 11.6 Å². The normalized spacial score (nSPS) is 14.1. The van der Waals surface area contributed by atoms with Crippen molar-refractivity contribution in [1.82, 2.24) is 9.97 Å². The van der Waals surface area contributed by atoms with Crippen LogP contribution in [-0.4, -0.2) is 48.0 Å². The van der Waals surface area contributed by atoms with Gasteiger partial charge in [0.15, 0.2) is 16.7 Å². The summed E-state index contributed by atoms with van der Waals surface area (Å²) in [4.78, 5) is 7.83. The predicted octanol–water partition coefficient (Wildman–Crippen LogP) is 1.34. The molecule has 0 aliphatic rings. The van der Waals surface area contributed by atoms with E-state index in [0.29, 0.717) is 31.1 Å². The minimum atomic E-state index is -0.904. The van der Waals surface area contributed by atoms with E-state index in [9.17, 15) is 5.11 Å². The monoisotopic (exact) mass is 275 g/mol. The number of nitrogens with zero attached hydrogens (tertiary/aromatic N) is 2. The first-order valence-corrected chi connectivity index (χ1v) is 5.87. The smallest absolute Gasteiger partial charge is 0.198 e. The van der Waals surface area contributed by atoms with E-state index >= 15 is 0 Å². The van der Waals surface area contributed by atoms with Crippen LogP contribution in [0.2, 0.25) is 5.15 Å². The maximum atomic E-state index is 10.1. The van der Waals surface area contributed by atoms with E-state index in [1.54, 1.807) is 14.0 Å². The Balaban J connectivity index is 2.65. The van der Waals surface area contributed by atoms with Crippen LogP contribution in [-0.2, 0) is 4.74 Å². The summed E-state index contributed by atoms with van der Waals surface area (Å²) in [5.74, 6) is 0.817. The number of nitrogens with one attached hydrogen (secondary N) is 1. The third-order valence-electron chi connectivity index (χ3n) is 2.45. The molecule has 0 saturated heterocycles. The summed E-state index contributed by atoms with van der Waals surface area (Å²) in [6.45, 7) is 2.50. The summed E-state index contributed by atoms with van der Waals surface area (Å²) in [5, 5.41) is 13.3. The van der Waals surface area contributed by atoms with Gasteiger partial charge >= 0.3 is 0 Å². The van der Waals surface area contributed by atoms with Crippen LogP contribution in [0.15, 0.2) is 6.33 Å². The molecule has 1 unspecified atom stereocenters. The van der Waals surface area contributed by atoms with Crippen LogP contribution in [0.5, 0.6) is 5.75 Å². The first-order chi connectivity index (χ1) is 8.50. The Morgan fingerprint density at radius 2 is 2.17 bits per heavy atom. The van der Waals surface area contributed by atoms with Crippen molar-refractivity contribution in [3.05, 3.63) is 11.5 Å². The molecule has 18 heavy (non-hydrogen) atoms. The fraction of sp³-hybridized carbons (Fsp3) is 0.636. The molecule has 0 bridgehead atoms. The molecule has 102 valence electrons. The van der Waals surface area contributed by atoms with Crippen LogP contribution < -0.4 is 10.1 Å². The zero-order valence-electron chi connectivity index (χ0n) is 10.7. The third-order valence-corrected chi connectivity index (χ3v) is 2.72. The molecule has 1 heterocycles. The van der Waals surface area contributed by atoms with Crippen molar-refractivity contribution >= 4 is 17.4 Å². The maximum absolute atomic E-state index is 10.1. The number of methoxy groups -OCH3 is 2. The van der Waals surface area contributed by atoms with Crippen LogP contribution in [0.4, 0.5) is 5.82 Å². The van der Waals surface area contributed by atoms with E-state index in [1.807, 2.05) is 0 Å². The number of hydrogen-bond acceptors (Lipinski definition) is 6. The SMILES string of the molecule is COCCC(C)(O)CNc1ncnc(Cl)c1OC. The summed E-state index contributed by atoms with van der Waals surface area (Å²) >= 11 is 5.86. The van der Waals surface area contributed by atoms with Crippen LogP contribution in [0.25, 0.3) is 0 Å². The van der Waals surface area contributed by atoms with E-state index in [0.717, 1.165) is 0 Å². The molecule has 0 radical (unpaired) electrons. The lowest BCUT2D eigenvalue weighted by Crippen LogP contribution is -2.35. The van der Waals surface area contributed by atoms with Crippen molar-refractivity contribution in [3.63, 3.8) is 0 Å². The van der Waals surface area contributed by atoms with Gasteiger partial charge in [-0.2, -0.15) is 0 Å². The summed E-state index contributed by atoms with van der Waals surface area (Å²) in [6, 6.07) is 0. The molecule has 0 amide bonds. The molecule has 0 spiro atoms. The quantitative estimate of drug-likeness (QED) is 0.732.